The molecule has 0 radical (unpaired) electrons. The van der Waals surface area contributed by atoms with Gasteiger partial charge in [-0.2, -0.15) is 13.2 Å². The highest BCUT2D eigenvalue weighted by Gasteiger charge is 2.29. The van der Waals surface area contributed by atoms with Gasteiger partial charge in [-0.05, 0) is 14.1 Å². The molecule has 0 aromatic carbocycles. The summed E-state index contributed by atoms with van der Waals surface area (Å²) in [5.74, 6) is -1.35. The standard InChI is InChI=1S/C3H4F3NO.C2H7N/c4-3(5,6)1-2(7)8;1-3-2/h1H2,(H2,7,8);3H,1-2H3. The summed E-state index contributed by atoms with van der Waals surface area (Å²) in [5, 5.41) is 2.75. The van der Waals surface area contributed by atoms with Gasteiger partial charge in [-0.15, -0.1) is 0 Å². The number of alkyl halides is 3. The molecule has 0 unspecified atom stereocenters. The maximum Gasteiger partial charge on any atom is 0.397 e. The van der Waals surface area contributed by atoms with Crippen LogP contribution in [0.2, 0.25) is 0 Å². The summed E-state index contributed by atoms with van der Waals surface area (Å²) in [7, 11) is 3.75. The van der Waals surface area contributed by atoms with Crippen LogP contribution in [0.3, 0.4) is 0 Å². The van der Waals surface area contributed by atoms with Gasteiger partial charge in [0.15, 0.2) is 0 Å². The first-order valence-corrected chi connectivity index (χ1v) is 2.77. The van der Waals surface area contributed by atoms with E-state index in [1.165, 1.54) is 0 Å². The molecule has 0 aromatic rings. The van der Waals surface area contributed by atoms with Gasteiger partial charge in [0.05, 0.1) is 0 Å². The molecule has 0 saturated carbocycles. The van der Waals surface area contributed by atoms with Gasteiger partial charge in [0.2, 0.25) is 5.91 Å². The zero-order valence-corrected chi connectivity index (χ0v) is 6.33. The lowest BCUT2D eigenvalue weighted by atomic mass is 10.4. The molecular weight excluding hydrogens is 161 g/mol. The molecule has 0 heterocycles. The first kappa shape index (κ1) is 12.9. The Bertz CT molecular complexity index is 113. The van der Waals surface area contributed by atoms with Crippen molar-refractivity contribution in [3.63, 3.8) is 0 Å². The van der Waals surface area contributed by atoms with E-state index in [-0.39, 0.29) is 0 Å². The van der Waals surface area contributed by atoms with Crippen molar-refractivity contribution in [3.8, 4) is 0 Å². The van der Waals surface area contributed by atoms with E-state index >= 15 is 0 Å². The summed E-state index contributed by atoms with van der Waals surface area (Å²) in [6.45, 7) is 0. The molecular formula is C5H11F3N2O. The number of hydrogen-bond donors (Lipinski definition) is 2. The minimum Gasteiger partial charge on any atom is -0.369 e. The van der Waals surface area contributed by atoms with Crippen molar-refractivity contribution in [1.29, 1.82) is 0 Å². The van der Waals surface area contributed by atoms with Crippen LogP contribution in [-0.4, -0.2) is 26.2 Å². The molecule has 0 saturated heterocycles. The average molecular weight is 172 g/mol. The van der Waals surface area contributed by atoms with Crippen LogP contribution in [0.5, 0.6) is 0 Å². The number of primary amides is 1. The third-order valence-electron chi connectivity index (χ3n) is 0.375. The minimum absolute atomic E-state index is 1.35. The zero-order chi connectivity index (χ0) is 9.49. The summed E-state index contributed by atoms with van der Waals surface area (Å²) >= 11 is 0. The maximum atomic E-state index is 11.0. The molecule has 0 rings (SSSR count). The predicted molar refractivity (Wildman–Crippen MR) is 34.9 cm³/mol. The molecule has 0 aromatic heterocycles. The van der Waals surface area contributed by atoms with E-state index in [4.69, 9.17) is 0 Å². The van der Waals surface area contributed by atoms with Crippen LogP contribution in [0.25, 0.3) is 0 Å². The minimum atomic E-state index is -4.45. The highest BCUT2D eigenvalue weighted by atomic mass is 19.4. The predicted octanol–water partition coefficient (Wildman–Crippen LogP) is 0.260. The topological polar surface area (TPSA) is 55.1 Å². The van der Waals surface area contributed by atoms with Crippen LogP contribution in [0.15, 0.2) is 0 Å². The molecule has 0 atom stereocenters. The molecule has 68 valence electrons. The lowest BCUT2D eigenvalue weighted by Crippen LogP contribution is -2.21. The van der Waals surface area contributed by atoms with E-state index in [2.05, 4.69) is 11.1 Å². The van der Waals surface area contributed by atoms with E-state index in [9.17, 15) is 18.0 Å². The number of nitrogens with one attached hydrogen (secondary N) is 1. The molecule has 3 nitrogen and oxygen atoms in total. The molecule has 3 N–H and O–H groups in total. The van der Waals surface area contributed by atoms with Gasteiger partial charge in [-0.3, -0.25) is 4.79 Å². The van der Waals surface area contributed by atoms with Crippen molar-refractivity contribution in [3.05, 3.63) is 0 Å². The van der Waals surface area contributed by atoms with Crippen LogP contribution in [0.4, 0.5) is 13.2 Å². The SMILES string of the molecule is CNC.NC(=O)CC(F)(F)F. The van der Waals surface area contributed by atoms with Gasteiger partial charge in [0.1, 0.15) is 6.42 Å². The van der Waals surface area contributed by atoms with Gasteiger partial charge in [-0.1, -0.05) is 0 Å². The second kappa shape index (κ2) is 5.96. The Morgan fingerprint density at radius 1 is 1.45 bits per heavy atom. The molecule has 6 heteroatoms. The average Bonchev–Trinajstić information content (AvgIpc) is 1.57. The van der Waals surface area contributed by atoms with Gasteiger partial charge in [0, 0.05) is 0 Å². The Balaban J connectivity index is 0. The Kier molecular flexibility index (Phi) is 6.97. The Morgan fingerprint density at radius 2 is 1.73 bits per heavy atom. The quantitative estimate of drug-likeness (QED) is 0.596. The number of amides is 1. The molecule has 0 aliphatic carbocycles. The van der Waals surface area contributed by atoms with Crippen molar-refractivity contribution in [1.82, 2.24) is 5.32 Å². The first-order chi connectivity index (χ1) is 4.83. The monoisotopic (exact) mass is 172 g/mol. The van der Waals surface area contributed by atoms with Crippen molar-refractivity contribution >= 4 is 5.91 Å². The van der Waals surface area contributed by atoms with Crippen LogP contribution in [-0.2, 0) is 4.79 Å². The Labute approximate surface area is 62.8 Å². The Morgan fingerprint density at radius 3 is 1.73 bits per heavy atom. The molecule has 11 heavy (non-hydrogen) atoms. The third-order valence-corrected chi connectivity index (χ3v) is 0.375. The van der Waals surface area contributed by atoms with Crippen LogP contribution in [0, 0.1) is 0 Å². The highest BCUT2D eigenvalue weighted by Crippen LogP contribution is 2.17. The van der Waals surface area contributed by atoms with Crippen molar-refractivity contribution in [2.75, 3.05) is 14.1 Å². The number of carbonyl (C=O) groups is 1. The molecule has 0 spiro atoms. The summed E-state index contributed by atoms with van der Waals surface area (Å²) in [5.41, 5.74) is 4.22. The second-order valence-electron chi connectivity index (χ2n) is 1.76. The van der Waals surface area contributed by atoms with Crippen molar-refractivity contribution in [2.24, 2.45) is 5.73 Å². The maximum absolute atomic E-state index is 11.0. The normalized spacial score (nSPS) is 9.91. The second-order valence-corrected chi connectivity index (χ2v) is 1.76. The van der Waals surface area contributed by atoms with Gasteiger partial charge in [-0.25, -0.2) is 0 Å². The first-order valence-electron chi connectivity index (χ1n) is 2.77. The van der Waals surface area contributed by atoms with E-state index in [1.54, 1.807) is 0 Å². The fourth-order valence-electron chi connectivity index (χ4n) is 0.198. The van der Waals surface area contributed by atoms with Gasteiger partial charge >= 0.3 is 6.18 Å². The van der Waals surface area contributed by atoms with Crippen LogP contribution >= 0.6 is 0 Å². The van der Waals surface area contributed by atoms with Gasteiger partial charge in [0.25, 0.3) is 0 Å². The van der Waals surface area contributed by atoms with Crippen molar-refractivity contribution < 1.29 is 18.0 Å². The number of rotatable bonds is 1. The number of hydrogen-bond acceptors (Lipinski definition) is 2. The summed E-state index contributed by atoms with van der Waals surface area (Å²) in [6.07, 6.45) is -5.99. The molecule has 0 aliphatic heterocycles. The van der Waals surface area contributed by atoms with E-state index in [1.807, 2.05) is 14.1 Å². The largest absolute Gasteiger partial charge is 0.397 e. The molecule has 0 bridgehead atoms. The Hall–Kier alpha value is -0.780. The van der Waals surface area contributed by atoms with Crippen LogP contribution in [0.1, 0.15) is 6.42 Å². The fraction of sp³-hybridized carbons (Fsp3) is 0.800. The summed E-state index contributed by atoms with van der Waals surface area (Å²) in [6, 6.07) is 0. The number of nitrogens with two attached hydrogens (primary N) is 1. The smallest absolute Gasteiger partial charge is 0.369 e. The number of carbonyl (C=O) groups excluding carboxylic acids is 1. The van der Waals surface area contributed by atoms with Crippen molar-refractivity contribution in [2.45, 2.75) is 12.6 Å². The lowest BCUT2D eigenvalue weighted by Gasteiger charge is -1.99. The summed E-state index contributed by atoms with van der Waals surface area (Å²) in [4.78, 5) is 9.52. The molecule has 0 aliphatic rings. The lowest BCUT2D eigenvalue weighted by molar-refractivity contribution is -0.151. The fourth-order valence-corrected chi connectivity index (χ4v) is 0.198. The zero-order valence-electron chi connectivity index (χ0n) is 6.33. The van der Waals surface area contributed by atoms with E-state index in [0.29, 0.717) is 0 Å². The summed E-state index contributed by atoms with van der Waals surface area (Å²) < 4.78 is 33.0. The highest BCUT2D eigenvalue weighted by molar-refractivity contribution is 5.74. The van der Waals surface area contributed by atoms with Crippen LogP contribution < -0.4 is 11.1 Å². The molecule has 1 amide bonds. The molecule has 0 fully saturated rings. The van der Waals surface area contributed by atoms with Gasteiger partial charge < -0.3 is 11.1 Å². The number of halogens is 3. The van der Waals surface area contributed by atoms with E-state index < -0.39 is 18.5 Å². The van der Waals surface area contributed by atoms with E-state index in [0.717, 1.165) is 0 Å². The third kappa shape index (κ3) is 27.0.